The Morgan fingerprint density at radius 1 is 1.19 bits per heavy atom. The first kappa shape index (κ1) is 24.2. The van der Waals surface area contributed by atoms with Crippen LogP contribution < -0.4 is 0 Å². The average Bonchev–Trinajstić information content (AvgIpc) is 3.09. The van der Waals surface area contributed by atoms with Crippen LogP contribution in [-0.2, 0) is 16.0 Å². The van der Waals surface area contributed by atoms with Crippen LogP contribution in [0.3, 0.4) is 0 Å². The van der Waals surface area contributed by atoms with Gasteiger partial charge in [-0.15, -0.1) is 0 Å². The van der Waals surface area contributed by atoms with Crippen LogP contribution in [0.1, 0.15) is 51.5 Å². The van der Waals surface area contributed by atoms with Crippen LogP contribution in [-0.4, -0.2) is 78.6 Å². The predicted octanol–water partition coefficient (Wildman–Crippen LogP) is 3.21. The summed E-state index contributed by atoms with van der Waals surface area (Å²) in [5, 5.41) is 0. The van der Waals surface area contributed by atoms with Crippen molar-refractivity contribution in [2.75, 3.05) is 46.0 Å². The minimum Gasteiger partial charge on any atom is -0.462 e. The standard InChI is InChI=1S/C25H35N3O4/c1-5-32-25(30)23-19(3)24(26-20(23)4)22(29)17-28(16-21-9-7-6-8-10-21)18(2)15-27-11-13-31-14-12-27/h6-10,18,26H,5,11-17H2,1-4H3. The average molecular weight is 442 g/mol. The Hall–Kier alpha value is -2.48. The molecule has 0 spiro atoms. The maximum Gasteiger partial charge on any atom is 0.340 e. The van der Waals surface area contributed by atoms with Gasteiger partial charge in [-0.2, -0.15) is 0 Å². The number of hydrogen-bond acceptors (Lipinski definition) is 6. The van der Waals surface area contributed by atoms with E-state index < -0.39 is 0 Å². The smallest absolute Gasteiger partial charge is 0.340 e. The third-order valence-corrected chi connectivity index (χ3v) is 6.02. The van der Waals surface area contributed by atoms with Crippen molar-refractivity contribution >= 4 is 11.8 Å². The van der Waals surface area contributed by atoms with Crippen LogP contribution in [0.4, 0.5) is 0 Å². The number of Topliss-reactive ketones (excluding diaryl/α,β-unsaturated/α-hetero) is 1. The molecule has 174 valence electrons. The summed E-state index contributed by atoms with van der Waals surface area (Å²) in [7, 11) is 0. The molecular formula is C25H35N3O4. The van der Waals surface area contributed by atoms with Gasteiger partial charge >= 0.3 is 5.97 Å². The van der Waals surface area contributed by atoms with Crippen LogP contribution in [0.2, 0.25) is 0 Å². The molecule has 2 heterocycles. The zero-order valence-corrected chi connectivity index (χ0v) is 19.6. The van der Waals surface area contributed by atoms with Crippen LogP contribution in [0.15, 0.2) is 30.3 Å². The minimum absolute atomic E-state index is 0.0223. The summed E-state index contributed by atoms with van der Waals surface area (Å²) in [6.07, 6.45) is 0. The largest absolute Gasteiger partial charge is 0.462 e. The highest BCUT2D eigenvalue weighted by Crippen LogP contribution is 2.21. The number of nitrogens with zero attached hydrogens (tertiary/aromatic N) is 2. The fourth-order valence-corrected chi connectivity index (χ4v) is 4.26. The molecule has 0 bridgehead atoms. The lowest BCUT2D eigenvalue weighted by Crippen LogP contribution is -2.47. The number of ketones is 1. The quantitative estimate of drug-likeness (QED) is 0.451. The van der Waals surface area contributed by atoms with Gasteiger partial charge in [0.2, 0.25) is 0 Å². The van der Waals surface area contributed by atoms with E-state index in [1.807, 2.05) is 25.1 Å². The molecule has 1 aliphatic heterocycles. The topological polar surface area (TPSA) is 74.9 Å². The fourth-order valence-electron chi connectivity index (χ4n) is 4.26. The number of aryl methyl sites for hydroxylation is 1. The van der Waals surface area contributed by atoms with Gasteiger partial charge in [0.15, 0.2) is 5.78 Å². The number of rotatable bonds is 10. The van der Waals surface area contributed by atoms with E-state index in [-0.39, 0.29) is 24.3 Å². The van der Waals surface area contributed by atoms with Crippen LogP contribution in [0, 0.1) is 13.8 Å². The molecule has 1 N–H and O–H groups in total. The predicted molar refractivity (Wildman–Crippen MR) is 124 cm³/mol. The number of aromatic amines is 1. The van der Waals surface area contributed by atoms with Gasteiger partial charge < -0.3 is 14.5 Å². The third-order valence-electron chi connectivity index (χ3n) is 6.02. The molecule has 7 nitrogen and oxygen atoms in total. The van der Waals surface area contributed by atoms with Crippen molar-refractivity contribution in [2.45, 2.75) is 40.3 Å². The van der Waals surface area contributed by atoms with Gasteiger partial charge in [-0.05, 0) is 38.8 Å². The van der Waals surface area contributed by atoms with E-state index in [1.165, 1.54) is 5.56 Å². The lowest BCUT2D eigenvalue weighted by Gasteiger charge is -2.34. The Morgan fingerprint density at radius 2 is 1.88 bits per heavy atom. The molecule has 0 saturated carbocycles. The van der Waals surface area contributed by atoms with E-state index in [0.717, 1.165) is 32.8 Å². The van der Waals surface area contributed by atoms with Crippen molar-refractivity contribution < 1.29 is 19.1 Å². The monoisotopic (exact) mass is 441 g/mol. The van der Waals surface area contributed by atoms with Crippen molar-refractivity contribution in [2.24, 2.45) is 0 Å². The highest BCUT2D eigenvalue weighted by Gasteiger charge is 2.26. The van der Waals surface area contributed by atoms with Crippen LogP contribution >= 0.6 is 0 Å². The Labute approximate surface area is 190 Å². The molecule has 1 fully saturated rings. The normalized spacial score (nSPS) is 15.7. The number of ether oxygens (including phenoxy) is 2. The van der Waals surface area contributed by atoms with E-state index in [9.17, 15) is 9.59 Å². The number of benzene rings is 1. The van der Waals surface area contributed by atoms with Gasteiger partial charge in [0, 0.05) is 37.9 Å². The van der Waals surface area contributed by atoms with E-state index in [1.54, 1.807) is 13.8 Å². The number of carbonyl (C=O) groups is 2. The summed E-state index contributed by atoms with van der Waals surface area (Å²) in [6.45, 7) is 13.0. The maximum atomic E-state index is 13.4. The summed E-state index contributed by atoms with van der Waals surface area (Å²) < 4.78 is 10.6. The molecule has 1 aliphatic rings. The molecule has 32 heavy (non-hydrogen) atoms. The number of aromatic nitrogens is 1. The van der Waals surface area contributed by atoms with Gasteiger partial charge in [-0.1, -0.05) is 30.3 Å². The molecular weight excluding hydrogens is 406 g/mol. The van der Waals surface area contributed by atoms with Gasteiger partial charge in [-0.25, -0.2) is 4.79 Å². The van der Waals surface area contributed by atoms with Crippen LogP contribution in [0.25, 0.3) is 0 Å². The zero-order chi connectivity index (χ0) is 23.1. The number of hydrogen-bond donors (Lipinski definition) is 1. The second kappa shape index (κ2) is 11.4. The molecule has 2 aromatic rings. The molecule has 1 saturated heterocycles. The summed E-state index contributed by atoms with van der Waals surface area (Å²) in [6, 6.07) is 10.4. The van der Waals surface area contributed by atoms with Crippen LogP contribution in [0.5, 0.6) is 0 Å². The molecule has 1 atom stereocenters. The summed E-state index contributed by atoms with van der Waals surface area (Å²) >= 11 is 0. The van der Waals surface area contributed by atoms with E-state index >= 15 is 0 Å². The van der Waals surface area contributed by atoms with Crippen molar-refractivity contribution in [3.05, 3.63) is 58.4 Å². The van der Waals surface area contributed by atoms with Gasteiger partial charge in [0.1, 0.15) is 0 Å². The third kappa shape index (κ3) is 6.06. The van der Waals surface area contributed by atoms with Gasteiger partial charge in [0.05, 0.1) is 37.6 Å². The second-order valence-corrected chi connectivity index (χ2v) is 8.42. The number of H-pyrrole nitrogens is 1. The first-order valence-electron chi connectivity index (χ1n) is 11.4. The molecule has 1 aromatic carbocycles. The number of esters is 1. The molecule has 1 unspecified atom stereocenters. The van der Waals surface area contributed by atoms with Crippen molar-refractivity contribution in [3.8, 4) is 0 Å². The van der Waals surface area contributed by atoms with E-state index in [0.29, 0.717) is 35.7 Å². The number of nitrogens with one attached hydrogen (secondary N) is 1. The van der Waals surface area contributed by atoms with Crippen molar-refractivity contribution in [1.82, 2.24) is 14.8 Å². The fraction of sp³-hybridized carbons (Fsp3) is 0.520. The lowest BCUT2D eigenvalue weighted by molar-refractivity contribution is 0.0236. The zero-order valence-electron chi connectivity index (χ0n) is 19.6. The summed E-state index contributed by atoms with van der Waals surface area (Å²) in [5.74, 6) is -0.412. The molecule has 7 heteroatoms. The highest BCUT2D eigenvalue weighted by molar-refractivity contribution is 6.02. The molecule has 0 amide bonds. The molecule has 0 aliphatic carbocycles. The summed E-state index contributed by atoms with van der Waals surface area (Å²) in [5.41, 5.74) is 3.45. The summed E-state index contributed by atoms with van der Waals surface area (Å²) in [4.78, 5) is 33.4. The molecule has 1 aromatic heterocycles. The van der Waals surface area contributed by atoms with E-state index in [4.69, 9.17) is 9.47 Å². The maximum absolute atomic E-state index is 13.4. The Morgan fingerprint density at radius 3 is 2.53 bits per heavy atom. The first-order valence-corrected chi connectivity index (χ1v) is 11.4. The van der Waals surface area contributed by atoms with Crippen molar-refractivity contribution in [1.29, 1.82) is 0 Å². The lowest BCUT2D eigenvalue weighted by atomic mass is 10.1. The molecule has 3 rings (SSSR count). The number of carbonyl (C=O) groups excluding carboxylic acids is 2. The highest BCUT2D eigenvalue weighted by atomic mass is 16.5. The van der Waals surface area contributed by atoms with Gasteiger partial charge in [0.25, 0.3) is 0 Å². The Bertz CT molecular complexity index is 903. The minimum atomic E-state index is -0.389. The number of morpholine rings is 1. The SMILES string of the molecule is CCOC(=O)c1c(C)[nH]c(C(=O)CN(Cc2ccccc2)C(C)CN2CCOCC2)c1C. The Balaban J connectivity index is 1.78. The van der Waals surface area contributed by atoms with Crippen molar-refractivity contribution in [3.63, 3.8) is 0 Å². The van der Waals surface area contributed by atoms with E-state index in [2.05, 4.69) is 33.8 Å². The molecule has 0 radical (unpaired) electrons. The second-order valence-electron chi connectivity index (χ2n) is 8.42. The van der Waals surface area contributed by atoms with Gasteiger partial charge in [-0.3, -0.25) is 14.6 Å². The first-order chi connectivity index (χ1) is 15.4. The Kier molecular flexibility index (Phi) is 8.61.